The molecule has 0 spiro atoms. The first-order valence-corrected chi connectivity index (χ1v) is 6.21. The number of aromatic hydroxyl groups is 1. The van der Waals surface area contributed by atoms with Crippen molar-refractivity contribution in [1.29, 1.82) is 0 Å². The van der Waals surface area contributed by atoms with E-state index in [1.54, 1.807) is 18.2 Å². The van der Waals surface area contributed by atoms with Crippen LogP contribution >= 0.6 is 0 Å². The average Bonchev–Trinajstić information content (AvgIpc) is 2.92. The summed E-state index contributed by atoms with van der Waals surface area (Å²) in [5, 5.41) is 13.5. The molecule has 5 nitrogen and oxygen atoms in total. The van der Waals surface area contributed by atoms with Gasteiger partial charge in [0.15, 0.2) is 0 Å². The Kier molecular flexibility index (Phi) is 2.95. The van der Waals surface area contributed by atoms with Gasteiger partial charge in [-0.05, 0) is 49.7 Å². The van der Waals surface area contributed by atoms with Crippen molar-refractivity contribution >= 4 is 0 Å². The largest absolute Gasteiger partial charge is 0.508 e. The van der Waals surface area contributed by atoms with Gasteiger partial charge in [0.25, 0.3) is 5.89 Å². The maximum atomic E-state index is 9.53. The number of aromatic nitrogens is 3. The fourth-order valence-electron chi connectivity index (χ4n) is 1.90. The zero-order valence-electron chi connectivity index (χ0n) is 11.2. The highest BCUT2D eigenvalue weighted by Crippen LogP contribution is 2.25. The van der Waals surface area contributed by atoms with Gasteiger partial charge in [-0.3, -0.25) is 0 Å². The summed E-state index contributed by atoms with van der Waals surface area (Å²) in [6.07, 6.45) is 0. The number of phenolic OH excluding ortho intramolecular Hbond substituents is 1. The smallest absolute Gasteiger partial charge is 0.258 e. The average molecular weight is 267 g/mol. The lowest BCUT2D eigenvalue weighted by Gasteiger charge is -1.99. The topological polar surface area (TPSA) is 72.0 Å². The molecule has 1 aromatic carbocycles. The molecule has 0 amide bonds. The van der Waals surface area contributed by atoms with Crippen molar-refractivity contribution in [3.63, 3.8) is 0 Å². The molecule has 0 fully saturated rings. The van der Waals surface area contributed by atoms with Crippen LogP contribution in [0.25, 0.3) is 23.0 Å². The third-order valence-electron chi connectivity index (χ3n) is 2.99. The van der Waals surface area contributed by atoms with Crippen LogP contribution in [-0.4, -0.2) is 20.2 Å². The number of hydrogen-bond acceptors (Lipinski definition) is 5. The maximum Gasteiger partial charge on any atom is 0.258 e. The number of benzene rings is 1. The lowest BCUT2D eigenvalue weighted by molar-refractivity contribution is 0.432. The summed E-state index contributed by atoms with van der Waals surface area (Å²) < 4.78 is 5.26. The van der Waals surface area contributed by atoms with E-state index in [1.165, 1.54) is 0 Å². The molecule has 1 N–H and O–H groups in total. The van der Waals surface area contributed by atoms with E-state index in [1.807, 2.05) is 32.0 Å². The Bertz CT molecular complexity index is 765. The second-order valence-corrected chi connectivity index (χ2v) is 4.59. The Morgan fingerprint density at radius 3 is 2.65 bits per heavy atom. The maximum absolute atomic E-state index is 9.53. The predicted octanol–water partition coefficient (Wildman–Crippen LogP) is 3.12. The van der Waals surface area contributed by atoms with E-state index < -0.39 is 0 Å². The quantitative estimate of drug-likeness (QED) is 0.772. The third-order valence-corrected chi connectivity index (χ3v) is 2.99. The first-order chi connectivity index (χ1) is 9.63. The molecule has 100 valence electrons. The monoisotopic (exact) mass is 267 g/mol. The summed E-state index contributed by atoms with van der Waals surface area (Å²) in [6.45, 7) is 3.73. The van der Waals surface area contributed by atoms with E-state index in [0.717, 1.165) is 16.8 Å². The first kappa shape index (κ1) is 12.3. The Morgan fingerprint density at radius 1 is 1.05 bits per heavy atom. The van der Waals surface area contributed by atoms with Gasteiger partial charge in [-0.25, -0.2) is 4.98 Å². The molecule has 0 atom stereocenters. The summed E-state index contributed by atoms with van der Waals surface area (Å²) in [6, 6.07) is 10.8. The van der Waals surface area contributed by atoms with Gasteiger partial charge in [-0.2, -0.15) is 4.98 Å². The molecule has 0 saturated carbocycles. The van der Waals surface area contributed by atoms with E-state index in [9.17, 15) is 5.11 Å². The Labute approximate surface area is 115 Å². The van der Waals surface area contributed by atoms with Crippen LogP contribution in [0.15, 0.2) is 40.9 Å². The van der Waals surface area contributed by atoms with Crippen molar-refractivity contribution in [2.45, 2.75) is 13.8 Å². The molecule has 5 heteroatoms. The number of hydrogen-bond donors (Lipinski definition) is 1. The number of rotatable bonds is 2. The Hall–Kier alpha value is -2.69. The van der Waals surface area contributed by atoms with Crippen LogP contribution in [0.3, 0.4) is 0 Å². The van der Waals surface area contributed by atoms with E-state index in [0.29, 0.717) is 17.4 Å². The van der Waals surface area contributed by atoms with Gasteiger partial charge >= 0.3 is 0 Å². The highest BCUT2D eigenvalue weighted by molar-refractivity contribution is 5.59. The van der Waals surface area contributed by atoms with Crippen LogP contribution in [0.5, 0.6) is 5.75 Å². The van der Waals surface area contributed by atoms with Crippen LogP contribution in [0.1, 0.15) is 11.3 Å². The molecular formula is C15H13N3O2. The van der Waals surface area contributed by atoms with E-state index in [4.69, 9.17) is 4.52 Å². The number of pyridine rings is 1. The Morgan fingerprint density at radius 2 is 1.90 bits per heavy atom. The zero-order valence-corrected chi connectivity index (χ0v) is 11.2. The number of nitrogens with zero attached hydrogens (tertiary/aromatic N) is 3. The number of phenols is 1. The predicted molar refractivity (Wildman–Crippen MR) is 74.1 cm³/mol. The van der Waals surface area contributed by atoms with Gasteiger partial charge in [-0.15, -0.1) is 0 Å². The van der Waals surface area contributed by atoms with E-state index in [-0.39, 0.29) is 5.75 Å². The summed E-state index contributed by atoms with van der Waals surface area (Å²) >= 11 is 0. The summed E-state index contributed by atoms with van der Waals surface area (Å²) in [7, 11) is 0. The molecule has 0 aliphatic carbocycles. The minimum absolute atomic E-state index is 0.244. The SMILES string of the molecule is Cc1cccc(-c2noc(-c3ccc(O)c(C)c3)n2)n1. The zero-order chi connectivity index (χ0) is 14.1. The molecule has 3 rings (SSSR count). The van der Waals surface area contributed by atoms with Crippen LogP contribution in [-0.2, 0) is 0 Å². The highest BCUT2D eigenvalue weighted by atomic mass is 16.5. The molecule has 2 aromatic heterocycles. The van der Waals surface area contributed by atoms with Crippen molar-refractivity contribution in [3.8, 4) is 28.7 Å². The molecule has 0 bridgehead atoms. The lowest BCUT2D eigenvalue weighted by atomic mass is 10.1. The third kappa shape index (κ3) is 2.25. The summed E-state index contributed by atoms with van der Waals surface area (Å²) in [5.74, 6) is 1.11. The van der Waals surface area contributed by atoms with Gasteiger partial charge in [0.2, 0.25) is 5.82 Å². The normalized spacial score (nSPS) is 10.7. The van der Waals surface area contributed by atoms with Crippen molar-refractivity contribution in [2.75, 3.05) is 0 Å². The van der Waals surface area contributed by atoms with Crippen molar-refractivity contribution in [2.24, 2.45) is 0 Å². The molecule has 0 radical (unpaired) electrons. The van der Waals surface area contributed by atoms with E-state index >= 15 is 0 Å². The van der Waals surface area contributed by atoms with Crippen LogP contribution in [0.2, 0.25) is 0 Å². The van der Waals surface area contributed by atoms with Crippen LogP contribution in [0, 0.1) is 13.8 Å². The van der Waals surface area contributed by atoms with Crippen molar-refractivity contribution < 1.29 is 9.63 Å². The molecule has 0 saturated heterocycles. The van der Waals surface area contributed by atoms with Gasteiger partial charge in [0.05, 0.1) is 0 Å². The fraction of sp³-hybridized carbons (Fsp3) is 0.133. The second-order valence-electron chi connectivity index (χ2n) is 4.59. The Balaban J connectivity index is 1.99. The van der Waals surface area contributed by atoms with E-state index in [2.05, 4.69) is 15.1 Å². The van der Waals surface area contributed by atoms with Crippen molar-refractivity contribution in [1.82, 2.24) is 15.1 Å². The number of aryl methyl sites for hydroxylation is 2. The fourth-order valence-corrected chi connectivity index (χ4v) is 1.90. The minimum Gasteiger partial charge on any atom is -0.508 e. The minimum atomic E-state index is 0.244. The van der Waals surface area contributed by atoms with Crippen LogP contribution < -0.4 is 0 Å². The molecule has 0 aliphatic heterocycles. The van der Waals surface area contributed by atoms with Crippen molar-refractivity contribution in [3.05, 3.63) is 47.7 Å². The molecule has 2 heterocycles. The second kappa shape index (κ2) is 4.77. The molecule has 20 heavy (non-hydrogen) atoms. The van der Waals surface area contributed by atoms with Gasteiger partial charge in [-0.1, -0.05) is 11.2 Å². The standard InChI is InChI=1S/C15H13N3O2/c1-9-8-11(6-7-13(9)19)15-17-14(18-20-15)12-5-3-4-10(2)16-12/h3-8,19H,1-2H3. The molecular weight excluding hydrogens is 254 g/mol. The first-order valence-electron chi connectivity index (χ1n) is 6.21. The molecule has 0 unspecified atom stereocenters. The van der Waals surface area contributed by atoms with Gasteiger partial charge in [0, 0.05) is 11.3 Å². The lowest BCUT2D eigenvalue weighted by Crippen LogP contribution is -1.88. The summed E-state index contributed by atoms with van der Waals surface area (Å²) in [5.41, 5.74) is 3.10. The summed E-state index contributed by atoms with van der Waals surface area (Å²) in [4.78, 5) is 8.70. The van der Waals surface area contributed by atoms with Gasteiger partial charge in [0.1, 0.15) is 11.4 Å². The molecule has 3 aromatic rings. The van der Waals surface area contributed by atoms with Gasteiger partial charge < -0.3 is 9.63 Å². The highest BCUT2D eigenvalue weighted by Gasteiger charge is 2.12. The molecule has 0 aliphatic rings. The van der Waals surface area contributed by atoms with Crippen LogP contribution in [0.4, 0.5) is 0 Å².